The van der Waals surface area contributed by atoms with Crippen LogP contribution in [0.25, 0.3) is 6.08 Å². The van der Waals surface area contributed by atoms with Crippen molar-refractivity contribution in [2.24, 2.45) is 0 Å². The summed E-state index contributed by atoms with van der Waals surface area (Å²) in [4.78, 5) is 37.2. The van der Waals surface area contributed by atoms with Gasteiger partial charge < -0.3 is 19.2 Å². The van der Waals surface area contributed by atoms with Crippen molar-refractivity contribution >= 4 is 24.0 Å². The van der Waals surface area contributed by atoms with Gasteiger partial charge >= 0.3 is 12.0 Å². The lowest BCUT2D eigenvalue weighted by atomic mass is 10.1. The van der Waals surface area contributed by atoms with Gasteiger partial charge in [0.15, 0.2) is 0 Å². The summed E-state index contributed by atoms with van der Waals surface area (Å²) in [5.74, 6) is 1.93. The van der Waals surface area contributed by atoms with Crippen LogP contribution in [-0.4, -0.2) is 36.5 Å². The monoisotopic (exact) mass is 380 g/mol. The van der Waals surface area contributed by atoms with Gasteiger partial charge in [-0.2, -0.15) is 0 Å². The highest BCUT2D eigenvalue weighted by molar-refractivity contribution is 6.14. The largest absolute Gasteiger partial charge is 0.480 e. The van der Waals surface area contributed by atoms with Crippen molar-refractivity contribution in [3.8, 4) is 18.1 Å². The number of rotatable bonds is 6. The van der Waals surface area contributed by atoms with Crippen LogP contribution >= 0.6 is 0 Å². The molecule has 0 radical (unpaired) electrons. The second-order valence-corrected chi connectivity index (χ2v) is 5.67. The third-order valence-corrected chi connectivity index (χ3v) is 3.85. The molecule has 8 heteroatoms. The number of nitrogens with zero attached hydrogens (tertiary/aromatic N) is 1. The third kappa shape index (κ3) is 3.88. The minimum Gasteiger partial charge on any atom is -0.480 e. The maximum atomic E-state index is 12.6. The van der Waals surface area contributed by atoms with Crippen molar-refractivity contribution in [2.75, 3.05) is 13.7 Å². The fraction of sp³-hybridized carbons (Fsp3) is 0.150. The quantitative estimate of drug-likeness (QED) is 0.357. The highest BCUT2D eigenvalue weighted by Crippen LogP contribution is 2.23. The Balaban J connectivity index is 1.79. The van der Waals surface area contributed by atoms with Crippen LogP contribution in [0.5, 0.6) is 5.75 Å². The molecule has 3 amide bonds. The van der Waals surface area contributed by atoms with Gasteiger partial charge in [-0.3, -0.25) is 9.69 Å². The molecule has 0 saturated carbocycles. The van der Waals surface area contributed by atoms with E-state index in [0.29, 0.717) is 11.3 Å². The molecule has 1 aliphatic rings. The minimum absolute atomic E-state index is 0.0140. The van der Waals surface area contributed by atoms with Crippen LogP contribution in [0.3, 0.4) is 0 Å². The van der Waals surface area contributed by atoms with Crippen LogP contribution in [0.1, 0.15) is 21.9 Å². The number of amides is 3. The first-order valence-corrected chi connectivity index (χ1v) is 8.20. The van der Waals surface area contributed by atoms with Crippen LogP contribution in [0, 0.1) is 12.3 Å². The lowest BCUT2D eigenvalue weighted by Crippen LogP contribution is -2.30. The van der Waals surface area contributed by atoms with Crippen molar-refractivity contribution in [1.29, 1.82) is 0 Å². The highest BCUT2D eigenvalue weighted by atomic mass is 16.5. The van der Waals surface area contributed by atoms with Gasteiger partial charge in [0.2, 0.25) is 5.76 Å². The van der Waals surface area contributed by atoms with Crippen molar-refractivity contribution in [3.63, 3.8) is 0 Å². The number of urea groups is 1. The van der Waals surface area contributed by atoms with Crippen molar-refractivity contribution in [1.82, 2.24) is 10.2 Å². The number of methoxy groups -OCH3 is 1. The van der Waals surface area contributed by atoms with Crippen LogP contribution in [0.2, 0.25) is 0 Å². The molecular weight excluding hydrogens is 364 g/mol. The van der Waals surface area contributed by atoms with Gasteiger partial charge in [-0.25, -0.2) is 9.59 Å². The lowest BCUT2D eigenvalue weighted by molar-refractivity contribution is -0.123. The Morgan fingerprint density at radius 1 is 1.29 bits per heavy atom. The van der Waals surface area contributed by atoms with E-state index in [-0.39, 0.29) is 30.4 Å². The van der Waals surface area contributed by atoms with E-state index in [4.69, 9.17) is 15.6 Å². The molecule has 2 heterocycles. The molecule has 2 aromatic rings. The first-order valence-electron chi connectivity index (χ1n) is 8.20. The molecule has 1 fully saturated rings. The van der Waals surface area contributed by atoms with Gasteiger partial charge in [0.25, 0.3) is 5.91 Å². The van der Waals surface area contributed by atoms with Crippen LogP contribution < -0.4 is 10.1 Å². The van der Waals surface area contributed by atoms with Gasteiger partial charge in [0.1, 0.15) is 23.8 Å². The molecule has 1 aromatic heterocycles. The first-order chi connectivity index (χ1) is 13.5. The average molecular weight is 380 g/mol. The zero-order valence-electron chi connectivity index (χ0n) is 14.9. The molecule has 1 N–H and O–H groups in total. The standard InChI is InChI=1S/C20H16N2O6/c1-3-10-27-16-7-5-4-6-13(16)11-15-18(23)22(20(25)21-15)12-14-8-9-17(28-14)19(24)26-2/h1,4-9,11H,10,12H2,2H3,(H,21,25)/b15-11-. The van der Waals surface area contributed by atoms with E-state index in [1.54, 1.807) is 24.3 Å². The maximum absolute atomic E-state index is 12.6. The summed E-state index contributed by atoms with van der Waals surface area (Å²) in [6, 6.07) is 9.29. The number of carbonyl (C=O) groups excluding carboxylic acids is 3. The zero-order chi connectivity index (χ0) is 20.1. The molecule has 1 aromatic carbocycles. The number of ether oxygens (including phenoxy) is 2. The number of benzene rings is 1. The van der Waals surface area contributed by atoms with Gasteiger partial charge in [0.05, 0.1) is 13.7 Å². The summed E-state index contributed by atoms with van der Waals surface area (Å²) >= 11 is 0. The smallest absolute Gasteiger partial charge is 0.373 e. The summed E-state index contributed by atoms with van der Waals surface area (Å²) in [5, 5.41) is 2.52. The van der Waals surface area contributed by atoms with E-state index in [9.17, 15) is 14.4 Å². The van der Waals surface area contributed by atoms with E-state index >= 15 is 0 Å². The van der Waals surface area contributed by atoms with E-state index in [1.165, 1.54) is 25.3 Å². The topological polar surface area (TPSA) is 98.1 Å². The van der Waals surface area contributed by atoms with Gasteiger partial charge in [-0.15, -0.1) is 6.42 Å². The molecule has 0 aliphatic carbocycles. The fourth-order valence-electron chi connectivity index (χ4n) is 2.55. The summed E-state index contributed by atoms with van der Waals surface area (Å²) in [6.07, 6.45) is 6.71. The Morgan fingerprint density at radius 3 is 2.82 bits per heavy atom. The molecule has 0 bridgehead atoms. The molecule has 0 unspecified atom stereocenters. The van der Waals surface area contributed by atoms with Crippen LogP contribution in [0.15, 0.2) is 46.5 Å². The average Bonchev–Trinajstić information content (AvgIpc) is 3.27. The second kappa shape index (κ2) is 8.14. The molecule has 1 aliphatic heterocycles. The number of nitrogens with one attached hydrogen (secondary N) is 1. The third-order valence-electron chi connectivity index (χ3n) is 3.85. The predicted octanol–water partition coefficient (Wildman–Crippen LogP) is 2.17. The van der Waals surface area contributed by atoms with Crippen molar-refractivity contribution in [3.05, 3.63) is 59.2 Å². The van der Waals surface area contributed by atoms with Gasteiger partial charge in [-0.1, -0.05) is 24.1 Å². The zero-order valence-corrected chi connectivity index (χ0v) is 14.9. The Labute approximate surface area is 160 Å². The number of carbonyl (C=O) groups is 3. The Bertz CT molecular complexity index is 998. The molecule has 3 rings (SSSR count). The SMILES string of the molecule is C#CCOc1ccccc1/C=C1\NC(=O)N(Cc2ccc(C(=O)OC)o2)C1=O. The molecular formula is C20H16N2O6. The van der Waals surface area contributed by atoms with E-state index in [0.717, 1.165) is 4.90 Å². The number of imide groups is 1. The Hall–Kier alpha value is -3.99. The summed E-state index contributed by atoms with van der Waals surface area (Å²) in [6.45, 7) is -0.0537. The minimum atomic E-state index is -0.646. The number of hydrogen-bond acceptors (Lipinski definition) is 6. The number of terminal acetylenes is 1. The van der Waals surface area contributed by atoms with Crippen LogP contribution in [-0.2, 0) is 16.1 Å². The Kier molecular flexibility index (Phi) is 5.46. The lowest BCUT2D eigenvalue weighted by Gasteiger charge is -2.09. The van der Waals surface area contributed by atoms with E-state index in [2.05, 4.69) is 16.0 Å². The number of esters is 1. The van der Waals surface area contributed by atoms with Crippen LogP contribution in [0.4, 0.5) is 4.79 Å². The fourth-order valence-corrected chi connectivity index (χ4v) is 2.55. The van der Waals surface area contributed by atoms with Gasteiger partial charge in [0, 0.05) is 5.56 Å². The molecule has 142 valence electrons. The first kappa shape index (κ1) is 18.8. The number of furan rings is 1. The summed E-state index contributed by atoms with van der Waals surface area (Å²) in [7, 11) is 1.23. The Morgan fingerprint density at radius 2 is 2.07 bits per heavy atom. The molecule has 8 nitrogen and oxygen atoms in total. The van der Waals surface area contributed by atoms with Crippen molar-refractivity contribution < 1.29 is 28.3 Å². The summed E-state index contributed by atoms with van der Waals surface area (Å²) < 4.78 is 15.3. The number of para-hydroxylation sites is 1. The second-order valence-electron chi connectivity index (χ2n) is 5.67. The summed E-state index contributed by atoms with van der Waals surface area (Å²) in [5.41, 5.74) is 0.677. The highest BCUT2D eigenvalue weighted by Gasteiger charge is 2.34. The molecule has 28 heavy (non-hydrogen) atoms. The normalized spacial score (nSPS) is 14.7. The van der Waals surface area contributed by atoms with E-state index < -0.39 is 17.9 Å². The van der Waals surface area contributed by atoms with Crippen molar-refractivity contribution in [2.45, 2.75) is 6.54 Å². The number of hydrogen-bond donors (Lipinski definition) is 1. The molecule has 1 saturated heterocycles. The maximum Gasteiger partial charge on any atom is 0.373 e. The molecule has 0 spiro atoms. The predicted molar refractivity (Wildman–Crippen MR) is 97.9 cm³/mol. The molecule has 0 atom stereocenters. The van der Waals surface area contributed by atoms with E-state index in [1.807, 2.05) is 0 Å². The van der Waals surface area contributed by atoms with Gasteiger partial charge in [-0.05, 0) is 24.3 Å².